The second-order valence-corrected chi connectivity index (χ2v) is 5.09. The molecule has 0 aromatic heterocycles. The minimum atomic E-state index is -0.737. The van der Waals surface area contributed by atoms with Crippen molar-refractivity contribution in [2.24, 2.45) is 11.3 Å². The number of carboxylic acids is 1. The van der Waals surface area contributed by atoms with Crippen LogP contribution in [0, 0.1) is 11.3 Å². The van der Waals surface area contributed by atoms with Crippen LogP contribution in [-0.2, 0) is 4.79 Å². The van der Waals surface area contributed by atoms with E-state index in [0.717, 1.165) is 5.56 Å². The molecule has 0 saturated heterocycles. The molecule has 1 aliphatic carbocycles. The number of rotatable bonds is 3. The molecule has 3 nitrogen and oxygen atoms in total. The van der Waals surface area contributed by atoms with Gasteiger partial charge in [-0.15, -0.1) is 0 Å². The molecule has 3 heteroatoms. The molecule has 2 rings (SSSR count). The van der Waals surface area contributed by atoms with Gasteiger partial charge in [0.1, 0.15) is 5.75 Å². The van der Waals surface area contributed by atoms with Crippen molar-refractivity contribution in [3.63, 3.8) is 0 Å². The Bertz CT molecular complexity index is 406. The van der Waals surface area contributed by atoms with Crippen LogP contribution in [0.1, 0.15) is 31.7 Å². The third-order valence-electron chi connectivity index (χ3n) is 3.70. The number of carbonyl (C=O) groups is 1. The van der Waals surface area contributed by atoms with E-state index in [4.69, 9.17) is 5.11 Å². The van der Waals surface area contributed by atoms with Gasteiger partial charge < -0.3 is 10.2 Å². The topological polar surface area (TPSA) is 57.5 Å². The lowest BCUT2D eigenvalue weighted by atomic mass is 10.0. The molecule has 1 saturated carbocycles. The Morgan fingerprint density at radius 2 is 1.88 bits per heavy atom. The van der Waals surface area contributed by atoms with Crippen molar-refractivity contribution in [3.8, 4) is 5.75 Å². The molecule has 0 aliphatic heterocycles. The van der Waals surface area contributed by atoms with Gasteiger partial charge in [-0.1, -0.05) is 26.0 Å². The minimum Gasteiger partial charge on any atom is -0.508 e. The standard InChI is InChI=1S/C13H16O3/c1-13(2)10(7-11(15)16)12(13)8-3-5-9(14)6-4-8/h3-6,10,12,14H,7H2,1-2H3,(H,15,16)/t10-,12+/m0/s1. The third kappa shape index (κ3) is 1.77. The van der Waals surface area contributed by atoms with Crippen LogP contribution in [0.4, 0.5) is 0 Å². The summed E-state index contributed by atoms with van der Waals surface area (Å²) in [4.78, 5) is 10.7. The van der Waals surface area contributed by atoms with E-state index in [2.05, 4.69) is 13.8 Å². The van der Waals surface area contributed by atoms with Gasteiger partial charge in [0.2, 0.25) is 0 Å². The van der Waals surface area contributed by atoms with Crippen LogP contribution in [-0.4, -0.2) is 16.2 Å². The van der Waals surface area contributed by atoms with Crippen LogP contribution in [0.15, 0.2) is 24.3 Å². The summed E-state index contributed by atoms with van der Waals surface area (Å²) in [7, 11) is 0. The highest BCUT2D eigenvalue weighted by atomic mass is 16.4. The van der Waals surface area contributed by atoms with Crippen molar-refractivity contribution in [2.75, 3.05) is 0 Å². The van der Waals surface area contributed by atoms with E-state index >= 15 is 0 Å². The van der Waals surface area contributed by atoms with E-state index in [1.807, 2.05) is 12.1 Å². The van der Waals surface area contributed by atoms with Crippen molar-refractivity contribution in [2.45, 2.75) is 26.2 Å². The fraction of sp³-hybridized carbons (Fsp3) is 0.462. The van der Waals surface area contributed by atoms with E-state index in [1.165, 1.54) is 0 Å². The predicted octanol–water partition coefficient (Wildman–Crippen LogP) is 2.61. The molecule has 0 bridgehead atoms. The van der Waals surface area contributed by atoms with E-state index in [9.17, 15) is 9.90 Å². The molecule has 0 heterocycles. The van der Waals surface area contributed by atoms with E-state index in [0.29, 0.717) is 5.92 Å². The van der Waals surface area contributed by atoms with Crippen molar-refractivity contribution in [1.82, 2.24) is 0 Å². The Kier molecular flexibility index (Phi) is 2.41. The number of hydrogen-bond donors (Lipinski definition) is 2. The van der Waals surface area contributed by atoms with Crippen molar-refractivity contribution < 1.29 is 15.0 Å². The number of aromatic hydroxyl groups is 1. The van der Waals surface area contributed by atoms with Gasteiger partial charge in [0.15, 0.2) is 0 Å². The summed E-state index contributed by atoms with van der Waals surface area (Å²) >= 11 is 0. The first-order valence-electron chi connectivity index (χ1n) is 5.43. The normalized spacial score (nSPS) is 26.4. The van der Waals surface area contributed by atoms with Gasteiger partial charge in [-0.3, -0.25) is 4.79 Å². The van der Waals surface area contributed by atoms with E-state index in [1.54, 1.807) is 12.1 Å². The number of phenolic OH excluding ortho intramolecular Hbond substituents is 1. The molecule has 1 aromatic rings. The van der Waals surface area contributed by atoms with Crippen molar-refractivity contribution in [1.29, 1.82) is 0 Å². The van der Waals surface area contributed by atoms with Crippen LogP contribution in [0.3, 0.4) is 0 Å². The third-order valence-corrected chi connectivity index (χ3v) is 3.70. The zero-order chi connectivity index (χ0) is 11.9. The SMILES string of the molecule is CC1(C)[C@H](c2ccc(O)cc2)[C@@H]1CC(=O)O. The van der Waals surface area contributed by atoms with Gasteiger partial charge in [-0.2, -0.15) is 0 Å². The van der Waals surface area contributed by atoms with Crippen LogP contribution in [0.5, 0.6) is 5.75 Å². The number of aliphatic carboxylic acids is 1. The highest BCUT2D eigenvalue weighted by Gasteiger charge is 2.58. The Labute approximate surface area is 94.7 Å². The van der Waals surface area contributed by atoms with Crippen LogP contribution in [0.25, 0.3) is 0 Å². The minimum absolute atomic E-state index is 0.0510. The second kappa shape index (κ2) is 3.51. The summed E-state index contributed by atoms with van der Waals surface area (Å²) in [5.74, 6) is 0.00934. The largest absolute Gasteiger partial charge is 0.508 e. The van der Waals surface area contributed by atoms with Gasteiger partial charge in [0.05, 0.1) is 0 Å². The summed E-state index contributed by atoms with van der Waals surface area (Å²) in [6.07, 6.45) is 0.221. The zero-order valence-corrected chi connectivity index (χ0v) is 9.47. The number of hydrogen-bond acceptors (Lipinski definition) is 2. The Morgan fingerprint density at radius 1 is 1.31 bits per heavy atom. The quantitative estimate of drug-likeness (QED) is 0.823. The molecule has 16 heavy (non-hydrogen) atoms. The molecule has 0 radical (unpaired) electrons. The lowest BCUT2D eigenvalue weighted by Crippen LogP contribution is -1.99. The smallest absolute Gasteiger partial charge is 0.303 e. The second-order valence-electron chi connectivity index (χ2n) is 5.09. The first-order chi connectivity index (χ1) is 7.43. The Balaban J connectivity index is 2.17. The number of benzene rings is 1. The summed E-state index contributed by atoms with van der Waals surface area (Å²) < 4.78 is 0. The Morgan fingerprint density at radius 3 is 2.38 bits per heavy atom. The molecule has 1 fully saturated rings. The van der Waals surface area contributed by atoms with Crippen molar-refractivity contribution >= 4 is 5.97 Å². The summed E-state index contributed by atoms with van der Waals surface area (Å²) in [6, 6.07) is 7.07. The maximum absolute atomic E-state index is 10.7. The lowest BCUT2D eigenvalue weighted by molar-refractivity contribution is -0.137. The molecule has 1 aromatic carbocycles. The highest BCUT2D eigenvalue weighted by Crippen LogP contribution is 2.65. The maximum atomic E-state index is 10.7. The first kappa shape index (κ1) is 11.0. The molecular weight excluding hydrogens is 204 g/mol. The summed E-state index contributed by atoms with van der Waals surface area (Å²) in [6.45, 7) is 4.19. The molecular formula is C13H16O3. The Hall–Kier alpha value is -1.51. The first-order valence-corrected chi connectivity index (χ1v) is 5.43. The molecule has 2 atom stereocenters. The van der Waals surface area contributed by atoms with Gasteiger partial charge in [0, 0.05) is 6.42 Å². The average molecular weight is 220 g/mol. The van der Waals surface area contributed by atoms with E-state index in [-0.39, 0.29) is 23.5 Å². The van der Waals surface area contributed by atoms with Crippen molar-refractivity contribution in [3.05, 3.63) is 29.8 Å². The molecule has 1 aliphatic rings. The predicted molar refractivity (Wildman–Crippen MR) is 60.4 cm³/mol. The number of carboxylic acid groups (broad SMARTS) is 1. The van der Waals surface area contributed by atoms with Gasteiger partial charge >= 0.3 is 5.97 Å². The lowest BCUT2D eigenvalue weighted by Gasteiger charge is -2.02. The van der Waals surface area contributed by atoms with E-state index < -0.39 is 5.97 Å². The molecule has 2 N–H and O–H groups in total. The summed E-state index contributed by atoms with van der Waals surface area (Å²) in [5.41, 5.74) is 1.17. The fourth-order valence-electron chi connectivity index (χ4n) is 2.66. The summed E-state index contributed by atoms with van der Waals surface area (Å²) in [5, 5.41) is 18.0. The molecule has 0 amide bonds. The monoisotopic (exact) mass is 220 g/mol. The van der Waals surface area contributed by atoms with Crippen LogP contribution >= 0.6 is 0 Å². The zero-order valence-electron chi connectivity index (χ0n) is 9.47. The van der Waals surface area contributed by atoms with Crippen LogP contribution < -0.4 is 0 Å². The molecule has 0 unspecified atom stereocenters. The highest BCUT2D eigenvalue weighted by molar-refractivity contribution is 5.68. The number of phenols is 1. The average Bonchev–Trinajstić information content (AvgIpc) is 2.69. The van der Waals surface area contributed by atoms with Gasteiger partial charge in [-0.25, -0.2) is 0 Å². The fourth-order valence-corrected chi connectivity index (χ4v) is 2.66. The maximum Gasteiger partial charge on any atom is 0.303 e. The van der Waals surface area contributed by atoms with Gasteiger partial charge in [0.25, 0.3) is 0 Å². The van der Waals surface area contributed by atoms with Crippen LogP contribution in [0.2, 0.25) is 0 Å². The molecule has 86 valence electrons. The van der Waals surface area contributed by atoms with Gasteiger partial charge in [-0.05, 0) is 34.9 Å². The molecule has 0 spiro atoms.